The topological polar surface area (TPSA) is 116 Å². The SMILES string of the molecule is CC(C)(C)N/C(=N/C(=O)c1cccc(S(C)(=O)=O)c1)Nc1cc(-c2ccc(F)cc2)n[nH]1. The van der Waals surface area contributed by atoms with Crippen molar-refractivity contribution in [2.24, 2.45) is 4.99 Å². The Labute approximate surface area is 185 Å². The number of hydrogen-bond acceptors (Lipinski definition) is 4. The maximum absolute atomic E-state index is 13.2. The summed E-state index contributed by atoms with van der Waals surface area (Å²) in [5, 5.41) is 13.1. The first-order chi connectivity index (χ1) is 14.9. The number of nitrogens with one attached hydrogen (secondary N) is 3. The Hall–Kier alpha value is -3.53. The van der Waals surface area contributed by atoms with Gasteiger partial charge < -0.3 is 10.6 Å². The lowest BCUT2D eigenvalue weighted by molar-refractivity contribution is 0.100. The zero-order valence-electron chi connectivity index (χ0n) is 18.1. The number of amides is 1. The first kappa shape index (κ1) is 23.1. The molecule has 168 valence electrons. The van der Waals surface area contributed by atoms with Crippen LogP contribution in [-0.4, -0.2) is 42.3 Å². The van der Waals surface area contributed by atoms with Crippen molar-refractivity contribution in [3.63, 3.8) is 0 Å². The Morgan fingerprint density at radius 3 is 2.41 bits per heavy atom. The van der Waals surface area contributed by atoms with Gasteiger partial charge in [0.05, 0.1) is 10.6 Å². The van der Waals surface area contributed by atoms with Gasteiger partial charge in [-0.3, -0.25) is 9.89 Å². The number of carbonyl (C=O) groups is 1. The molecule has 3 aromatic rings. The third kappa shape index (κ3) is 6.24. The quantitative estimate of drug-likeness (QED) is 0.407. The average Bonchev–Trinajstić information content (AvgIpc) is 3.15. The van der Waals surface area contributed by atoms with Gasteiger partial charge >= 0.3 is 0 Å². The van der Waals surface area contributed by atoms with Gasteiger partial charge in [-0.2, -0.15) is 10.1 Å². The van der Waals surface area contributed by atoms with Crippen LogP contribution < -0.4 is 10.6 Å². The van der Waals surface area contributed by atoms with E-state index < -0.39 is 21.3 Å². The normalized spacial score (nSPS) is 12.5. The number of guanidine groups is 1. The Morgan fingerprint density at radius 2 is 1.78 bits per heavy atom. The van der Waals surface area contributed by atoms with Gasteiger partial charge in [0.15, 0.2) is 9.84 Å². The highest BCUT2D eigenvalue weighted by Crippen LogP contribution is 2.20. The second kappa shape index (κ2) is 8.91. The highest BCUT2D eigenvalue weighted by molar-refractivity contribution is 7.90. The molecule has 0 aliphatic carbocycles. The summed E-state index contributed by atoms with van der Waals surface area (Å²) in [4.78, 5) is 16.9. The predicted octanol–water partition coefficient (Wildman–Crippen LogP) is 3.62. The van der Waals surface area contributed by atoms with E-state index in [1.807, 2.05) is 20.8 Å². The summed E-state index contributed by atoms with van der Waals surface area (Å²) >= 11 is 0. The minimum absolute atomic E-state index is 0.0364. The number of hydrogen-bond donors (Lipinski definition) is 3. The Balaban J connectivity index is 1.88. The molecule has 0 saturated carbocycles. The molecule has 0 bridgehead atoms. The van der Waals surface area contributed by atoms with Gasteiger partial charge in [-0.15, -0.1) is 0 Å². The average molecular weight is 458 g/mol. The fourth-order valence-electron chi connectivity index (χ4n) is 2.75. The summed E-state index contributed by atoms with van der Waals surface area (Å²) in [5.74, 6) is -0.350. The lowest BCUT2D eigenvalue weighted by Crippen LogP contribution is -2.44. The molecule has 1 amide bonds. The number of anilines is 1. The van der Waals surface area contributed by atoms with E-state index in [0.717, 1.165) is 6.26 Å². The van der Waals surface area contributed by atoms with Crippen LogP contribution in [-0.2, 0) is 9.84 Å². The summed E-state index contributed by atoms with van der Waals surface area (Å²) in [7, 11) is -3.46. The van der Waals surface area contributed by atoms with E-state index in [1.165, 1.54) is 36.4 Å². The number of aromatic nitrogens is 2. The highest BCUT2D eigenvalue weighted by atomic mass is 32.2. The van der Waals surface area contributed by atoms with Crippen LogP contribution in [0.2, 0.25) is 0 Å². The highest BCUT2D eigenvalue weighted by Gasteiger charge is 2.17. The van der Waals surface area contributed by atoms with Crippen LogP contribution in [0.4, 0.5) is 10.2 Å². The number of H-pyrrole nitrogens is 1. The van der Waals surface area contributed by atoms with E-state index in [1.54, 1.807) is 18.2 Å². The van der Waals surface area contributed by atoms with Crippen LogP contribution in [0.15, 0.2) is 64.5 Å². The van der Waals surface area contributed by atoms with Crippen molar-refractivity contribution in [3.05, 3.63) is 66.0 Å². The largest absolute Gasteiger partial charge is 0.351 e. The molecule has 0 spiro atoms. The third-order valence-electron chi connectivity index (χ3n) is 4.19. The molecule has 1 aromatic heterocycles. The molecule has 3 N–H and O–H groups in total. The summed E-state index contributed by atoms with van der Waals surface area (Å²) in [6.45, 7) is 5.70. The minimum Gasteiger partial charge on any atom is -0.351 e. The predicted molar refractivity (Wildman–Crippen MR) is 122 cm³/mol. The molecule has 32 heavy (non-hydrogen) atoms. The van der Waals surface area contributed by atoms with Crippen molar-refractivity contribution >= 4 is 27.5 Å². The molecule has 8 nitrogen and oxygen atoms in total. The van der Waals surface area contributed by atoms with Crippen molar-refractivity contribution < 1.29 is 17.6 Å². The van der Waals surface area contributed by atoms with Gasteiger partial charge in [0, 0.05) is 29.0 Å². The maximum Gasteiger partial charge on any atom is 0.280 e. The second-order valence-corrected chi connectivity index (χ2v) is 10.3. The Morgan fingerprint density at radius 1 is 1.09 bits per heavy atom. The van der Waals surface area contributed by atoms with Crippen LogP contribution in [0.5, 0.6) is 0 Å². The standard InChI is InChI=1S/C22H24FN5O3S/c1-22(2,3)26-21(25-20(29)15-6-5-7-17(12-15)32(4,30)31)24-19-13-18(27-28-19)14-8-10-16(23)11-9-14/h5-13H,1-4H3,(H3,24,25,26,27,28,29). The van der Waals surface area contributed by atoms with Gasteiger partial charge in [-0.1, -0.05) is 6.07 Å². The lowest BCUT2D eigenvalue weighted by atomic mass is 10.1. The van der Waals surface area contributed by atoms with E-state index in [9.17, 15) is 17.6 Å². The summed E-state index contributed by atoms with van der Waals surface area (Å²) in [6, 6.07) is 13.3. The molecule has 0 fully saturated rings. The summed E-state index contributed by atoms with van der Waals surface area (Å²) in [6.07, 6.45) is 1.07. The zero-order chi connectivity index (χ0) is 23.5. The van der Waals surface area contributed by atoms with Gasteiger partial charge in [-0.25, -0.2) is 12.8 Å². The minimum atomic E-state index is -3.46. The number of nitrogens with zero attached hydrogens (tertiary/aromatic N) is 2. The lowest BCUT2D eigenvalue weighted by Gasteiger charge is -2.23. The van der Waals surface area contributed by atoms with Gasteiger partial charge in [0.25, 0.3) is 5.91 Å². The van der Waals surface area contributed by atoms with Crippen LogP contribution in [0.3, 0.4) is 0 Å². The van der Waals surface area contributed by atoms with E-state index in [4.69, 9.17) is 0 Å². The van der Waals surface area contributed by atoms with Gasteiger partial charge in [0.2, 0.25) is 5.96 Å². The monoisotopic (exact) mass is 457 g/mol. The number of carbonyl (C=O) groups excluding carboxylic acids is 1. The Kier molecular flexibility index (Phi) is 6.45. The van der Waals surface area contributed by atoms with Gasteiger partial charge in [0.1, 0.15) is 11.6 Å². The van der Waals surface area contributed by atoms with Gasteiger partial charge in [-0.05, 0) is 63.2 Å². The molecule has 0 aliphatic heterocycles. The molecule has 3 rings (SSSR count). The van der Waals surface area contributed by atoms with E-state index in [2.05, 4.69) is 25.8 Å². The first-order valence-electron chi connectivity index (χ1n) is 9.70. The number of aromatic amines is 1. The Bertz CT molecular complexity index is 1260. The molecule has 10 heteroatoms. The third-order valence-corrected chi connectivity index (χ3v) is 5.30. The number of benzene rings is 2. The van der Waals surface area contributed by atoms with E-state index in [0.29, 0.717) is 17.1 Å². The van der Waals surface area contributed by atoms with Crippen LogP contribution in [0.25, 0.3) is 11.3 Å². The van der Waals surface area contributed by atoms with Crippen molar-refractivity contribution in [2.45, 2.75) is 31.2 Å². The van der Waals surface area contributed by atoms with E-state index >= 15 is 0 Å². The second-order valence-electron chi connectivity index (χ2n) is 8.24. The number of aliphatic imine (C=N–C) groups is 1. The van der Waals surface area contributed by atoms with Crippen molar-refractivity contribution in [2.75, 3.05) is 11.6 Å². The van der Waals surface area contributed by atoms with Crippen LogP contribution in [0, 0.1) is 5.82 Å². The number of rotatable bonds is 4. The van der Waals surface area contributed by atoms with Crippen molar-refractivity contribution in [3.8, 4) is 11.3 Å². The fraction of sp³-hybridized carbons (Fsp3) is 0.227. The number of sulfone groups is 1. The molecule has 1 heterocycles. The first-order valence-corrected chi connectivity index (χ1v) is 11.6. The van der Waals surface area contributed by atoms with Crippen molar-refractivity contribution in [1.82, 2.24) is 15.5 Å². The maximum atomic E-state index is 13.2. The molecule has 0 aliphatic rings. The molecular weight excluding hydrogens is 433 g/mol. The molecule has 2 aromatic carbocycles. The zero-order valence-corrected chi connectivity index (χ0v) is 18.9. The fourth-order valence-corrected chi connectivity index (χ4v) is 3.42. The molecular formula is C22H24FN5O3S. The molecule has 0 radical (unpaired) electrons. The van der Waals surface area contributed by atoms with E-state index in [-0.39, 0.29) is 22.2 Å². The molecule has 0 saturated heterocycles. The summed E-state index contributed by atoms with van der Waals surface area (Å²) in [5.41, 5.74) is 1.00. The summed E-state index contributed by atoms with van der Waals surface area (Å²) < 4.78 is 36.7. The smallest absolute Gasteiger partial charge is 0.280 e. The van der Waals surface area contributed by atoms with Crippen LogP contribution >= 0.6 is 0 Å². The molecule has 0 unspecified atom stereocenters. The van der Waals surface area contributed by atoms with Crippen LogP contribution in [0.1, 0.15) is 31.1 Å². The van der Waals surface area contributed by atoms with Crippen molar-refractivity contribution in [1.29, 1.82) is 0 Å². The molecule has 0 atom stereocenters. The number of halogens is 1.